The van der Waals surface area contributed by atoms with Crippen molar-refractivity contribution in [2.45, 2.75) is 6.54 Å². The molecule has 0 saturated heterocycles. The molecule has 1 aromatic heterocycles. The second-order valence-corrected chi connectivity index (χ2v) is 5.83. The zero-order chi connectivity index (χ0) is 14.0. The van der Waals surface area contributed by atoms with E-state index >= 15 is 0 Å². The summed E-state index contributed by atoms with van der Waals surface area (Å²) in [4.78, 5) is 14.5. The van der Waals surface area contributed by atoms with Crippen molar-refractivity contribution in [1.82, 2.24) is 4.90 Å². The number of thiophene rings is 1. The topological polar surface area (TPSA) is 40.5 Å². The molecule has 0 bridgehead atoms. The van der Waals surface area contributed by atoms with Crippen LogP contribution in [0.5, 0.6) is 5.75 Å². The minimum atomic E-state index is -0.582. The zero-order valence-electron chi connectivity index (χ0n) is 10.1. The van der Waals surface area contributed by atoms with Crippen LogP contribution in [-0.2, 0) is 6.54 Å². The highest BCUT2D eigenvalue weighted by Crippen LogP contribution is 2.24. The van der Waals surface area contributed by atoms with Crippen molar-refractivity contribution in [3.63, 3.8) is 0 Å². The molecule has 1 amide bonds. The predicted molar refractivity (Wildman–Crippen MR) is 73.2 cm³/mol. The van der Waals surface area contributed by atoms with Gasteiger partial charge in [-0.15, -0.1) is 11.3 Å². The third kappa shape index (κ3) is 3.24. The highest BCUT2D eigenvalue weighted by Gasteiger charge is 2.17. The molecule has 0 aliphatic carbocycles. The standard InChI is InChI=1S/C13H11ClFNO2S/c1-16(7-9-3-5-12(14)19-9)13(18)10-4-2-8(15)6-11(10)17/h2-6,17H,7H2,1H3. The maximum atomic E-state index is 12.9. The van der Waals surface area contributed by atoms with Gasteiger partial charge < -0.3 is 10.0 Å². The number of phenolic OH excluding ortho intramolecular Hbond substituents is 1. The lowest BCUT2D eigenvalue weighted by Gasteiger charge is -2.16. The Labute approximate surface area is 118 Å². The van der Waals surface area contributed by atoms with Crippen molar-refractivity contribution in [2.75, 3.05) is 7.05 Å². The number of hydrogen-bond acceptors (Lipinski definition) is 3. The number of hydrogen-bond donors (Lipinski definition) is 1. The van der Waals surface area contributed by atoms with E-state index in [1.54, 1.807) is 13.1 Å². The second-order valence-electron chi connectivity index (χ2n) is 4.03. The molecular weight excluding hydrogens is 289 g/mol. The van der Waals surface area contributed by atoms with Crippen LogP contribution in [-0.4, -0.2) is 23.0 Å². The van der Waals surface area contributed by atoms with Gasteiger partial charge in [0.15, 0.2) is 0 Å². The van der Waals surface area contributed by atoms with Crippen molar-refractivity contribution >= 4 is 28.8 Å². The van der Waals surface area contributed by atoms with E-state index < -0.39 is 5.82 Å². The average molecular weight is 300 g/mol. The number of carbonyl (C=O) groups excluding carboxylic acids is 1. The lowest BCUT2D eigenvalue weighted by Crippen LogP contribution is -2.25. The fourth-order valence-electron chi connectivity index (χ4n) is 1.63. The summed E-state index contributed by atoms with van der Waals surface area (Å²) in [7, 11) is 1.61. The SMILES string of the molecule is CN(Cc1ccc(Cl)s1)C(=O)c1ccc(F)cc1O. The van der Waals surface area contributed by atoms with Crippen LogP contribution in [0.3, 0.4) is 0 Å². The molecule has 0 radical (unpaired) electrons. The Morgan fingerprint density at radius 3 is 2.74 bits per heavy atom. The molecule has 1 aromatic carbocycles. The Kier molecular flexibility index (Phi) is 4.07. The van der Waals surface area contributed by atoms with Crippen molar-refractivity contribution in [3.05, 3.63) is 50.9 Å². The Hall–Kier alpha value is -1.59. The molecule has 100 valence electrons. The van der Waals surface area contributed by atoms with Crippen LogP contribution in [0.4, 0.5) is 4.39 Å². The summed E-state index contributed by atoms with van der Waals surface area (Å²) in [6.07, 6.45) is 0. The number of phenols is 1. The fraction of sp³-hybridized carbons (Fsp3) is 0.154. The van der Waals surface area contributed by atoms with E-state index in [1.807, 2.05) is 6.07 Å². The zero-order valence-corrected chi connectivity index (χ0v) is 11.6. The van der Waals surface area contributed by atoms with Crippen LogP contribution in [0.15, 0.2) is 30.3 Å². The molecule has 0 saturated carbocycles. The first-order valence-electron chi connectivity index (χ1n) is 5.45. The molecule has 6 heteroatoms. The predicted octanol–water partition coefficient (Wildman–Crippen LogP) is 3.52. The minimum absolute atomic E-state index is 0.0755. The van der Waals surface area contributed by atoms with E-state index in [0.717, 1.165) is 17.0 Å². The molecule has 0 atom stereocenters. The number of rotatable bonds is 3. The highest BCUT2D eigenvalue weighted by atomic mass is 35.5. The van der Waals surface area contributed by atoms with Crippen LogP contribution in [0, 0.1) is 5.82 Å². The second kappa shape index (κ2) is 5.59. The van der Waals surface area contributed by atoms with Gasteiger partial charge in [-0.1, -0.05) is 11.6 Å². The van der Waals surface area contributed by atoms with Gasteiger partial charge in [0.2, 0.25) is 0 Å². The summed E-state index contributed by atoms with van der Waals surface area (Å²) in [6.45, 7) is 0.382. The molecule has 2 aromatic rings. The molecule has 1 N–H and O–H groups in total. The number of halogens is 2. The van der Waals surface area contributed by atoms with Crippen molar-refractivity contribution in [1.29, 1.82) is 0 Å². The fourth-order valence-corrected chi connectivity index (χ4v) is 2.77. The van der Waals surface area contributed by atoms with Gasteiger partial charge in [-0.25, -0.2) is 4.39 Å². The van der Waals surface area contributed by atoms with E-state index in [-0.39, 0.29) is 17.2 Å². The average Bonchev–Trinajstić information content (AvgIpc) is 2.74. The van der Waals surface area contributed by atoms with Gasteiger partial charge in [-0.05, 0) is 24.3 Å². The Bertz CT molecular complexity index is 614. The summed E-state index contributed by atoms with van der Waals surface area (Å²) in [5, 5.41) is 9.57. The van der Waals surface area contributed by atoms with Gasteiger partial charge in [0.05, 0.1) is 16.4 Å². The first kappa shape index (κ1) is 13.8. The maximum Gasteiger partial charge on any atom is 0.257 e. The van der Waals surface area contributed by atoms with E-state index in [4.69, 9.17) is 11.6 Å². The van der Waals surface area contributed by atoms with Gasteiger partial charge >= 0.3 is 0 Å². The van der Waals surface area contributed by atoms with Crippen LogP contribution in [0.1, 0.15) is 15.2 Å². The number of carbonyl (C=O) groups is 1. The number of amides is 1. The molecule has 0 fully saturated rings. The lowest BCUT2D eigenvalue weighted by molar-refractivity contribution is 0.0783. The molecule has 3 nitrogen and oxygen atoms in total. The van der Waals surface area contributed by atoms with Crippen molar-refractivity contribution in [2.24, 2.45) is 0 Å². The van der Waals surface area contributed by atoms with Crippen LogP contribution < -0.4 is 0 Å². The van der Waals surface area contributed by atoms with E-state index in [1.165, 1.54) is 22.3 Å². The molecule has 0 aliphatic heterocycles. The van der Waals surface area contributed by atoms with Gasteiger partial charge in [-0.2, -0.15) is 0 Å². The summed E-state index contributed by atoms with van der Waals surface area (Å²) < 4.78 is 13.5. The van der Waals surface area contributed by atoms with E-state index in [0.29, 0.717) is 10.9 Å². The van der Waals surface area contributed by atoms with E-state index in [9.17, 15) is 14.3 Å². The summed E-state index contributed by atoms with van der Waals surface area (Å²) in [5.41, 5.74) is 0.0755. The van der Waals surface area contributed by atoms with Gasteiger partial charge in [-0.3, -0.25) is 4.79 Å². The minimum Gasteiger partial charge on any atom is -0.507 e. The molecule has 19 heavy (non-hydrogen) atoms. The number of aromatic hydroxyl groups is 1. The molecular formula is C13H11ClFNO2S. The van der Waals surface area contributed by atoms with Gasteiger partial charge in [0.25, 0.3) is 5.91 Å². The Morgan fingerprint density at radius 1 is 1.42 bits per heavy atom. The molecule has 0 spiro atoms. The smallest absolute Gasteiger partial charge is 0.257 e. The van der Waals surface area contributed by atoms with Crippen molar-refractivity contribution < 1.29 is 14.3 Å². The summed E-state index contributed by atoms with van der Waals surface area (Å²) in [5.74, 6) is -1.31. The Morgan fingerprint density at radius 2 is 2.16 bits per heavy atom. The van der Waals surface area contributed by atoms with Crippen LogP contribution in [0.2, 0.25) is 4.34 Å². The quantitative estimate of drug-likeness (QED) is 0.942. The van der Waals surface area contributed by atoms with Gasteiger partial charge in [0, 0.05) is 18.0 Å². The van der Waals surface area contributed by atoms with Crippen LogP contribution >= 0.6 is 22.9 Å². The first-order valence-corrected chi connectivity index (χ1v) is 6.65. The van der Waals surface area contributed by atoms with E-state index in [2.05, 4.69) is 0 Å². The third-order valence-corrected chi connectivity index (χ3v) is 3.77. The normalized spacial score (nSPS) is 10.5. The molecule has 0 aliphatic rings. The number of benzene rings is 1. The molecule has 2 rings (SSSR count). The molecule has 1 heterocycles. The first-order chi connectivity index (χ1) is 8.97. The lowest BCUT2D eigenvalue weighted by atomic mass is 10.1. The largest absolute Gasteiger partial charge is 0.507 e. The highest BCUT2D eigenvalue weighted by molar-refractivity contribution is 7.16. The van der Waals surface area contributed by atoms with Gasteiger partial charge in [0.1, 0.15) is 11.6 Å². The maximum absolute atomic E-state index is 12.9. The molecule has 0 unspecified atom stereocenters. The van der Waals surface area contributed by atoms with Crippen molar-refractivity contribution in [3.8, 4) is 5.75 Å². The van der Waals surface area contributed by atoms with Crippen LogP contribution in [0.25, 0.3) is 0 Å². The monoisotopic (exact) mass is 299 g/mol. The summed E-state index contributed by atoms with van der Waals surface area (Å²) >= 11 is 7.20. The third-order valence-electron chi connectivity index (χ3n) is 2.56. The summed E-state index contributed by atoms with van der Waals surface area (Å²) in [6, 6.07) is 6.92. The Balaban J connectivity index is 2.14. The number of nitrogens with zero attached hydrogens (tertiary/aromatic N) is 1.